The quantitative estimate of drug-likeness (QED) is 0.858. The summed E-state index contributed by atoms with van der Waals surface area (Å²) in [5.74, 6) is 0. The first-order valence-corrected chi connectivity index (χ1v) is 7.33. The number of nitrogens with zero attached hydrogens (tertiary/aromatic N) is 1. The Balaban J connectivity index is 2.04. The molecule has 0 saturated carbocycles. The van der Waals surface area contributed by atoms with E-state index in [-0.39, 0.29) is 5.41 Å². The fourth-order valence-corrected chi connectivity index (χ4v) is 2.79. The van der Waals surface area contributed by atoms with Crippen molar-refractivity contribution in [3.8, 4) is 6.07 Å². The van der Waals surface area contributed by atoms with E-state index in [2.05, 4.69) is 62.5 Å². The summed E-state index contributed by atoms with van der Waals surface area (Å²) >= 11 is 0. The number of nitriles is 1. The van der Waals surface area contributed by atoms with E-state index in [1.165, 1.54) is 5.56 Å². The molecule has 2 aromatic carbocycles. The average molecular weight is 278 g/mol. The van der Waals surface area contributed by atoms with E-state index in [0.717, 1.165) is 12.1 Å². The van der Waals surface area contributed by atoms with Crippen LogP contribution in [0.2, 0.25) is 0 Å². The van der Waals surface area contributed by atoms with Crippen LogP contribution in [0.4, 0.5) is 5.69 Å². The zero-order valence-electron chi connectivity index (χ0n) is 12.9. The molecule has 0 radical (unpaired) electrons. The predicted molar refractivity (Wildman–Crippen MR) is 88.3 cm³/mol. The number of anilines is 1. The van der Waals surface area contributed by atoms with Gasteiger partial charge in [-0.15, -0.1) is 0 Å². The standard InChI is InChI=1S/C19H22N2/c1-15(21-18-11-7-8-16(12-18)14-20)13-19(2,3)17-9-5-4-6-10-17/h4-12,15,21H,13H2,1-3H3. The van der Waals surface area contributed by atoms with Gasteiger partial charge in [0.25, 0.3) is 0 Å². The maximum atomic E-state index is 8.95. The van der Waals surface area contributed by atoms with Crippen molar-refractivity contribution in [1.29, 1.82) is 5.26 Å². The molecule has 0 aliphatic heterocycles. The van der Waals surface area contributed by atoms with Crippen molar-refractivity contribution in [2.24, 2.45) is 0 Å². The SMILES string of the molecule is CC(CC(C)(C)c1ccccc1)Nc1cccc(C#N)c1. The lowest BCUT2D eigenvalue weighted by Crippen LogP contribution is -2.27. The van der Waals surface area contributed by atoms with Gasteiger partial charge in [-0.3, -0.25) is 0 Å². The molecule has 0 aromatic heterocycles. The van der Waals surface area contributed by atoms with E-state index in [1.54, 1.807) is 0 Å². The molecule has 2 aromatic rings. The minimum Gasteiger partial charge on any atom is -0.383 e. The van der Waals surface area contributed by atoms with Crippen LogP contribution in [0.1, 0.15) is 38.3 Å². The van der Waals surface area contributed by atoms with Crippen molar-refractivity contribution < 1.29 is 0 Å². The summed E-state index contributed by atoms with van der Waals surface area (Å²) in [6, 6.07) is 20.7. The lowest BCUT2D eigenvalue weighted by atomic mass is 9.79. The molecule has 21 heavy (non-hydrogen) atoms. The third-order valence-corrected chi connectivity index (χ3v) is 3.78. The van der Waals surface area contributed by atoms with Crippen LogP contribution in [-0.4, -0.2) is 6.04 Å². The smallest absolute Gasteiger partial charge is 0.0992 e. The Morgan fingerprint density at radius 3 is 2.48 bits per heavy atom. The molecular formula is C19H22N2. The molecular weight excluding hydrogens is 256 g/mol. The van der Waals surface area contributed by atoms with Crippen LogP contribution in [-0.2, 0) is 5.41 Å². The van der Waals surface area contributed by atoms with Crippen LogP contribution in [0.25, 0.3) is 0 Å². The Hall–Kier alpha value is -2.27. The molecule has 0 saturated heterocycles. The van der Waals surface area contributed by atoms with Gasteiger partial charge in [0.05, 0.1) is 11.6 Å². The molecule has 0 fully saturated rings. The van der Waals surface area contributed by atoms with Gasteiger partial charge in [0.15, 0.2) is 0 Å². The van der Waals surface area contributed by atoms with Crippen LogP contribution in [0.15, 0.2) is 54.6 Å². The van der Waals surface area contributed by atoms with Crippen LogP contribution in [0.5, 0.6) is 0 Å². The zero-order valence-corrected chi connectivity index (χ0v) is 12.9. The molecule has 108 valence electrons. The second-order valence-corrected chi connectivity index (χ2v) is 6.19. The van der Waals surface area contributed by atoms with Crippen molar-refractivity contribution in [2.45, 2.75) is 38.6 Å². The van der Waals surface area contributed by atoms with Crippen molar-refractivity contribution in [2.75, 3.05) is 5.32 Å². The molecule has 0 heterocycles. The van der Waals surface area contributed by atoms with Crippen LogP contribution in [0, 0.1) is 11.3 Å². The molecule has 2 rings (SSSR count). The molecule has 1 unspecified atom stereocenters. The third kappa shape index (κ3) is 4.10. The molecule has 2 nitrogen and oxygen atoms in total. The number of hydrogen-bond donors (Lipinski definition) is 1. The fraction of sp³-hybridized carbons (Fsp3) is 0.316. The lowest BCUT2D eigenvalue weighted by Gasteiger charge is -2.29. The Bertz CT molecular complexity index is 624. The van der Waals surface area contributed by atoms with E-state index < -0.39 is 0 Å². The highest BCUT2D eigenvalue weighted by Gasteiger charge is 2.23. The summed E-state index contributed by atoms with van der Waals surface area (Å²) in [4.78, 5) is 0. The fourth-order valence-electron chi connectivity index (χ4n) is 2.79. The summed E-state index contributed by atoms with van der Waals surface area (Å²) in [7, 11) is 0. The van der Waals surface area contributed by atoms with Crippen molar-refractivity contribution in [1.82, 2.24) is 0 Å². The normalized spacial score (nSPS) is 12.5. The lowest BCUT2D eigenvalue weighted by molar-refractivity contribution is 0.450. The van der Waals surface area contributed by atoms with Crippen molar-refractivity contribution in [3.63, 3.8) is 0 Å². The number of benzene rings is 2. The minimum atomic E-state index is 0.112. The topological polar surface area (TPSA) is 35.8 Å². The van der Waals surface area contributed by atoms with Gasteiger partial charge in [-0.25, -0.2) is 0 Å². The molecule has 0 spiro atoms. The molecule has 0 amide bonds. The Labute approximate surface area is 127 Å². The van der Waals surface area contributed by atoms with Crippen LogP contribution in [0.3, 0.4) is 0 Å². The monoisotopic (exact) mass is 278 g/mol. The number of nitrogens with one attached hydrogen (secondary N) is 1. The number of hydrogen-bond acceptors (Lipinski definition) is 2. The average Bonchev–Trinajstić information content (AvgIpc) is 2.47. The Kier molecular flexibility index (Phi) is 4.65. The first-order chi connectivity index (χ1) is 10.0. The first kappa shape index (κ1) is 15.1. The van der Waals surface area contributed by atoms with E-state index >= 15 is 0 Å². The van der Waals surface area contributed by atoms with Crippen LogP contribution < -0.4 is 5.32 Å². The van der Waals surface area contributed by atoms with E-state index in [1.807, 2.05) is 24.3 Å². The second-order valence-electron chi connectivity index (χ2n) is 6.19. The summed E-state index contributed by atoms with van der Waals surface area (Å²) < 4.78 is 0. The van der Waals surface area contributed by atoms with E-state index in [0.29, 0.717) is 11.6 Å². The highest BCUT2D eigenvalue weighted by atomic mass is 14.9. The summed E-state index contributed by atoms with van der Waals surface area (Å²) in [6.45, 7) is 6.72. The largest absolute Gasteiger partial charge is 0.383 e. The molecule has 0 bridgehead atoms. The maximum Gasteiger partial charge on any atom is 0.0992 e. The molecule has 2 heteroatoms. The maximum absolute atomic E-state index is 8.95. The minimum absolute atomic E-state index is 0.112. The van der Waals surface area contributed by atoms with Crippen molar-refractivity contribution in [3.05, 3.63) is 65.7 Å². The van der Waals surface area contributed by atoms with Gasteiger partial charge in [-0.05, 0) is 42.5 Å². The number of rotatable bonds is 5. The van der Waals surface area contributed by atoms with Gasteiger partial charge in [0.1, 0.15) is 0 Å². The van der Waals surface area contributed by atoms with Gasteiger partial charge in [-0.1, -0.05) is 50.2 Å². The molecule has 1 atom stereocenters. The second kappa shape index (κ2) is 6.45. The first-order valence-electron chi connectivity index (χ1n) is 7.33. The van der Waals surface area contributed by atoms with Gasteiger partial charge in [0.2, 0.25) is 0 Å². The van der Waals surface area contributed by atoms with Gasteiger partial charge < -0.3 is 5.32 Å². The Morgan fingerprint density at radius 1 is 1.10 bits per heavy atom. The van der Waals surface area contributed by atoms with E-state index in [4.69, 9.17) is 5.26 Å². The molecule has 0 aliphatic carbocycles. The highest BCUT2D eigenvalue weighted by Crippen LogP contribution is 2.29. The third-order valence-electron chi connectivity index (χ3n) is 3.78. The van der Waals surface area contributed by atoms with Crippen LogP contribution >= 0.6 is 0 Å². The summed E-state index contributed by atoms with van der Waals surface area (Å²) in [5.41, 5.74) is 3.16. The van der Waals surface area contributed by atoms with Gasteiger partial charge in [-0.2, -0.15) is 5.26 Å². The van der Waals surface area contributed by atoms with E-state index in [9.17, 15) is 0 Å². The van der Waals surface area contributed by atoms with Crippen molar-refractivity contribution >= 4 is 5.69 Å². The van der Waals surface area contributed by atoms with Gasteiger partial charge >= 0.3 is 0 Å². The predicted octanol–water partition coefficient (Wildman–Crippen LogP) is 4.73. The highest BCUT2D eigenvalue weighted by molar-refractivity contribution is 5.49. The zero-order chi connectivity index (χ0) is 15.3. The summed E-state index contributed by atoms with van der Waals surface area (Å²) in [5, 5.41) is 12.4. The molecule has 1 N–H and O–H groups in total. The summed E-state index contributed by atoms with van der Waals surface area (Å²) in [6.07, 6.45) is 1.02. The molecule has 0 aliphatic rings. The van der Waals surface area contributed by atoms with Gasteiger partial charge in [0, 0.05) is 11.7 Å². The Morgan fingerprint density at radius 2 is 1.81 bits per heavy atom.